The summed E-state index contributed by atoms with van der Waals surface area (Å²) in [4.78, 5) is 0. The maximum Gasteiger partial charge on any atom is 0.118 e. The third kappa shape index (κ3) is 3.31. The Balaban J connectivity index is 0.000000349. The zero-order valence-electron chi connectivity index (χ0n) is 15.4. The van der Waals surface area contributed by atoms with Crippen molar-refractivity contribution in [3.8, 4) is 0 Å². The number of fused-ring (bicyclic) bond motifs is 8. The number of epoxide rings is 1. The van der Waals surface area contributed by atoms with Crippen LogP contribution in [0.5, 0.6) is 0 Å². The van der Waals surface area contributed by atoms with Crippen molar-refractivity contribution in [3.05, 3.63) is 71.8 Å². The van der Waals surface area contributed by atoms with Gasteiger partial charge in [-0.05, 0) is 55.6 Å². The molecule has 3 N–H and O–H groups in total. The van der Waals surface area contributed by atoms with Gasteiger partial charge in [-0.15, -0.1) is 0 Å². The Morgan fingerprint density at radius 3 is 2.17 bits per heavy atom. The molecule has 0 unspecified atom stereocenters. The van der Waals surface area contributed by atoms with Crippen molar-refractivity contribution in [1.82, 2.24) is 0 Å². The summed E-state index contributed by atoms with van der Waals surface area (Å²) in [7, 11) is -4.69. The number of hydrogen-bond acceptors (Lipinski definition) is 7. The number of halogens is 1. The minimum atomic E-state index is -4.69. The molecule has 1 saturated heterocycles. The molecule has 0 bridgehead atoms. The third-order valence-corrected chi connectivity index (χ3v) is 5.75. The van der Waals surface area contributed by atoms with Crippen molar-refractivity contribution in [3.63, 3.8) is 0 Å². The molecule has 1 fully saturated rings. The number of rotatable bonds is 0. The molecule has 0 radical (unpaired) electrons. The van der Waals surface area contributed by atoms with Gasteiger partial charge in [-0.1, -0.05) is 48.5 Å². The SMILES string of the molecule is O[C@H]1[C@@H]2O[C@@H]2c2c(ccc3cc4ccc5ccccc5c4cc23)[C@@H]1O.[O-][Cl+3]([O-])([O-])O. The number of aliphatic hydroxyl groups is 2. The minimum Gasteiger partial charge on any atom is -0.387 e. The first-order chi connectivity index (χ1) is 14.2. The highest BCUT2D eigenvalue weighted by molar-refractivity contribution is 6.12. The molecule has 4 aromatic carbocycles. The van der Waals surface area contributed by atoms with Crippen molar-refractivity contribution < 1.29 is 43.8 Å². The molecular formula is C22H17ClO7. The van der Waals surface area contributed by atoms with E-state index in [1.54, 1.807) is 0 Å². The second-order valence-electron chi connectivity index (χ2n) is 7.50. The first-order valence-corrected chi connectivity index (χ1v) is 10.5. The second-order valence-corrected chi connectivity index (χ2v) is 8.29. The zero-order valence-corrected chi connectivity index (χ0v) is 16.2. The fourth-order valence-corrected chi connectivity index (χ4v) is 4.42. The number of aliphatic hydroxyl groups excluding tert-OH is 2. The molecule has 7 nitrogen and oxygen atoms in total. The van der Waals surface area contributed by atoms with E-state index >= 15 is 0 Å². The maximum atomic E-state index is 10.4. The van der Waals surface area contributed by atoms with Crippen molar-refractivity contribution in [2.75, 3.05) is 0 Å². The van der Waals surface area contributed by atoms with Crippen molar-refractivity contribution in [2.45, 2.75) is 24.4 Å². The van der Waals surface area contributed by atoms with Crippen LogP contribution in [0.1, 0.15) is 23.3 Å². The van der Waals surface area contributed by atoms with Crippen LogP contribution < -0.4 is 14.0 Å². The van der Waals surface area contributed by atoms with Crippen molar-refractivity contribution >= 4 is 32.3 Å². The van der Waals surface area contributed by atoms with E-state index in [0.717, 1.165) is 21.9 Å². The molecule has 2 aliphatic rings. The van der Waals surface area contributed by atoms with Crippen molar-refractivity contribution in [2.24, 2.45) is 0 Å². The Labute approximate surface area is 172 Å². The van der Waals surface area contributed by atoms with Gasteiger partial charge in [-0.25, -0.2) is 0 Å². The molecule has 4 aromatic rings. The lowest BCUT2D eigenvalue weighted by molar-refractivity contribution is -1.92. The first kappa shape index (κ1) is 19.6. The minimum absolute atomic E-state index is 0.107. The number of benzene rings is 4. The summed E-state index contributed by atoms with van der Waals surface area (Å²) in [5.41, 5.74) is 1.83. The van der Waals surface area contributed by atoms with Gasteiger partial charge in [0, 0.05) is 0 Å². The van der Waals surface area contributed by atoms with E-state index < -0.39 is 22.5 Å². The molecule has 1 aliphatic carbocycles. The molecule has 6 rings (SSSR count). The highest BCUT2D eigenvalue weighted by Gasteiger charge is 2.54. The van der Waals surface area contributed by atoms with Crippen LogP contribution >= 0.6 is 0 Å². The van der Waals surface area contributed by atoms with Gasteiger partial charge >= 0.3 is 0 Å². The average molecular weight is 429 g/mol. The smallest absolute Gasteiger partial charge is 0.118 e. The van der Waals surface area contributed by atoms with Gasteiger partial charge in [0.25, 0.3) is 0 Å². The summed E-state index contributed by atoms with van der Waals surface area (Å²) in [5.74, 6) is 0. The van der Waals surface area contributed by atoms with Crippen LogP contribution in [0.25, 0.3) is 32.3 Å². The zero-order chi connectivity index (χ0) is 21.2. The first-order valence-electron chi connectivity index (χ1n) is 9.25. The van der Waals surface area contributed by atoms with Crippen LogP contribution in [-0.2, 0) is 4.74 Å². The van der Waals surface area contributed by atoms with Crippen LogP contribution in [-0.4, -0.2) is 27.1 Å². The Morgan fingerprint density at radius 1 is 0.767 bits per heavy atom. The van der Waals surface area contributed by atoms with Crippen LogP contribution in [0.3, 0.4) is 0 Å². The monoisotopic (exact) mass is 428 g/mol. The summed E-state index contributed by atoms with van der Waals surface area (Å²) in [6.45, 7) is 0. The molecule has 30 heavy (non-hydrogen) atoms. The number of ether oxygens (including phenoxy) is 1. The standard InChI is InChI=1S/C22H16O3.ClHO4/c23-19-15-8-7-13-9-12-6-5-11-3-1-2-4-14(11)16(12)10-17(13)18(15)21-22(25-21)20(19)24;2-1(3,4)5/h1-10,19-24H;(H,2,3,4,5)/t19-,20+,21+,22-;/m0./s1. The molecule has 8 heteroatoms. The van der Waals surface area contributed by atoms with Gasteiger partial charge in [0.2, 0.25) is 0 Å². The van der Waals surface area contributed by atoms with Crippen LogP contribution in [0.4, 0.5) is 0 Å². The lowest BCUT2D eigenvalue weighted by Gasteiger charge is -2.24. The van der Waals surface area contributed by atoms with Gasteiger partial charge in [-0.3, -0.25) is 0 Å². The Hall–Kier alpha value is -2.33. The molecule has 154 valence electrons. The van der Waals surface area contributed by atoms with Gasteiger partial charge < -0.3 is 14.9 Å². The maximum absolute atomic E-state index is 10.4. The van der Waals surface area contributed by atoms with Crippen LogP contribution in [0.2, 0.25) is 0 Å². The van der Waals surface area contributed by atoms with E-state index in [2.05, 4.69) is 48.5 Å². The van der Waals surface area contributed by atoms with Crippen LogP contribution in [0, 0.1) is 10.2 Å². The molecule has 1 aliphatic heterocycles. The van der Waals surface area contributed by atoms with Gasteiger partial charge in [0.15, 0.2) is 0 Å². The summed E-state index contributed by atoms with van der Waals surface area (Å²) >= 11 is 0. The molecule has 0 amide bonds. The van der Waals surface area contributed by atoms with E-state index in [-0.39, 0.29) is 12.2 Å². The van der Waals surface area contributed by atoms with Crippen LogP contribution in [0.15, 0.2) is 60.7 Å². The lowest BCUT2D eigenvalue weighted by atomic mass is 9.83. The highest BCUT2D eigenvalue weighted by atomic mass is 35.7. The summed E-state index contributed by atoms with van der Waals surface area (Å²) in [5, 5.41) is 27.7. The topological polar surface area (TPSA) is 142 Å². The van der Waals surface area contributed by atoms with E-state index in [1.807, 2.05) is 12.1 Å². The van der Waals surface area contributed by atoms with E-state index in [4.69, 9.17) is 23.4 Å². The van der Waals surface area contributed by atoms with E-state index in [9.17, 15) is 10.2 Å². The number of hydrogen-bond donors (Lipinski definition) is 3. The largest absolute Gasteiger partial charge is 0.387 e. The second kappa shape index (κ2) is 6.84. The Morgan fingerprint density at radius 2 is 1.40 bits per heavy atom. The molecule has 0 spiro atoms. The summed E-state index contributed by atoms with van der Waals surface area (Å²) in [6.07, 6.45) is -2.11. The molecule has 1 heterocycles. The highest BCUT2D eigenvalue weighted by Crippen LogP contribution is 2.53. The molecular weight excluding hydrogens is 412 g/mol. The Kier molecular flexibility index (Phi) is 4.48. The summed E-state index contributed by atoms with van der Waals surface area (Å²) in [6, 6.07) is 21.1. The van der Waals surface area contributed by atoms with E-state index in [0.29, 0.717) is 0 Å². The normalized spacial score (nSPS) is 24.9. The lowest BCUT2D eigenvalue weighted by Crippen LogP contribution is -2.58. The predicted molar refractivity (Wildman–Crippen MR) is 99.8 cm³/mol. The van der Waals surface area contributed by atoms with Gasteiger partial charge in [-0.2, -0.15) is 14.0 Å². The fraction of sp³-hybridized carbons (Fsp3) is 0.182. The van der Waals surface area contributed by atoms with Gasteiger partial charge in [0.1, 0.15) is 24.4 Å². The summed E-state index contributed by atoms with van der Waals surface area (Å²) < 4.78 is 38.4. The fourth-order valence-electron chi connectivity index (χ4n) is 4.42. The predicted octanol–water partition coefficient (Wildman–Crippen LogP) is -0.130. The molecule has 0 saturated carbocycles. The van der Waals surface area contributed by atoms with Gasteiger partial charge in [0.05, 0.1) is 14.9 Å². The van der Waals surface area contributed by atoms with Crippen molar-refractivity contribution in [1.29, 1.82) is 0 Å². The van der Waals surface area contributed by atoms with E-state index in [1.165, 1.54) is 21.5 Å². The third-order valence-electron chi connectivity index (χ3n) is 5.75. The average Bonchev–Trinajstić information content (AvgIpc) is 3.49. The Bertz CT molecular complexity index is 1280. The molecule has 4 atom stereocenters. The quantitative estimate of drug-likeness (QED) is 0.201. The molecule has 0 aromatic heterocycles.